The third-order valence-corrected chi connectivity index (χ3v) is 7.12. The van der Waals surface area contributed by atoms with Crippen LogP contribution in [0.25, 0.3) is 11.4 Å². The molecule has 1 saturated heterocycles. The quantitative estimate of drug-likeness (QED) is 0.239. The molecular weight excluding hydrogens is 572 g/mol. The van der Waals surface area contributed by atoms with E-state index in [1.165, 1.54) is 0 Å². The summed E-state index contributed by atoms with van der Waals surface area (Å²) < 4.78 is 17.8. The van der Waals surface area contributed by atoms with Crippen LogP contribution in [0, 0.1) is 5.92 Å². The number of carbonyl (C=O) groups excluding carboxylic acids is 1. The number of halogens is 2. The van der Waals surface area contributed by atoms with E-state index in [1.54, 1.807) is 31.4 Å². The minimum atomic E-state index is -0.129. The molecule has 4 aromatic rings. The molecule has 1 amide bonds. The highest BCUT2D eigenvalue weighted by Crippen LogP contribution is 2.34. The van der Waals surface area contributed by atoms with Crippen LogP contribution in [0.5, 0.6) is 17.2 Å². The van der Waals surface area contributed by atoms with Crippen molar-refractivity contribution in [2.24, 2.45) is 5.92 Å². The number of amides is 1. The number of rotatable bonds is 8. The number of aromatic nitrogens is 2. The molecule has 0 radical (unpaired) electrons. The van der Waals surface area contributed by atoms with Gasteiger partial charge in [0.2, 0.25) is 17.6 Å². The van der Waals surface area contributed by atoms with Gasteiger partial charge in [-0.3, -0.25) is 9.69 Å². The molecule has 0 saturated carbocycles. The number of anilines is 1. The standard InChI is InChI=1S/C28H26BrClN4O4/c1-36-22-3-2-4-23(16-22)37-25-10-9-21(30)15-24(25)31-28(35)19-11-13-34(14-12-19)17-26-32-27(33-38-26)18-5-7-20(29)8-6-18/h2-10,15-16,19H,11-14,17H2,1H3,(H,31,35). The highest BCUT2D eigenvalue weighted by molar-refractivity contribution is 9.10. The molecule has 8 nitrogen and oxygen atoms in total. The van der Waals surface area contributed by atoms with Crippen LogP contribution in [0.3, 0.4) is 0 Å². The van der Waals surface area contributed by atoms with Crippen LogP contribution < -0.4 is 14.8 Å². The zero-order chi connectivity index (χ0) is 26.5. The first-order chi connectivity index (χ1) is 18.5. The molecular formula is C28H26BrClN4O4. The number of nitrogens with zero attached hydrogens (tertiary/aromatic N) is 3. The van der Waals surface area contributed by atoms with E-state index in [-0.39, 0.29) is 11.8 Å². The largest absolute Gasteiger partial charge is 0.497 e. The predicted octanol–water partition coefficient (Wildman–Crippen LogP) is 6.80. The van der Waals surface area contributed by atoms with Crippen molar-refractivity contribution in [2.75, 3.05) is 25.5 Å². The second kappa shape index (κ2) is 12.0. The van der Waals surface area contributed by atoms with Gasteiger partial charge in [0.05, 0.1) is 19.3 Å². The molecule has 196 valence electrons. The molecule has 1 aromatic heterocycles. The van der Waals surface area contributed by atoms with Crippen LogP contribution in [-0.4, -0.2) is 41.1 Å². The summed E-state index contributed by atoms with van der Waals surface area (Å²) in [5, 5.41) is 7.63. The predicted molar refractivity (Wildman–Crippen MR) is 149 cm³/mol. The fraction of sp³-hybridized carbons (Fsp3) is 0.250. The molecule has 38 heavy (non-hydrogen) atoms. The summed E-state index contributed by atoms with van der Waals surface area (Å²) in [4.78, 5) is 19.9. The van der Waals surface area contributed by atoms with Crippen molar-refractivity contribution in [3.05, 3.63) is 82.1 Å². The van der Waals surface area contributed by atoms with Gasteiger partial charge in [-0.05, 0) is 80.5 Å². The number of likely N-dealkylation sites (tertiary alicyclic amines) is 1. The van der Waals surface area contributed by atoms with Gasteiger partial charge in [-0.2, -0.15) is 4.98 Å². The minimum absolute atomic E-state index is 0.0577. The van der Waals surface area contributed by atoms with Gasteiger partial charge in [0.1, 0.15) is 11.5 Å². The summed E-state index contributed by atoms with van der Waals surface area (Å²) in [5.41, 5.74) is 1.42. The fourth-order valence-corrected chi connectivity index (χ4v) is 4.73. The monoisotopic (exact) mass is 596 g/mol. The normalized spacial score (nSPS) is 14.3. The lowest BCUT2D eigenvalue weighted by Crippen LogP contribution is -2.37. The second-order valence-electron chi connectivity index (χ2n) is 8.98. The molecule has 1 fully saturated rings. The zero-order valence-corrected chi connectivity index (χ0v) is 23.0. The first-order valence-corrected chi connectivity index (χ1v) is 13.4. The summed E-state index contributed by atoms with van der Waals surface area (Å²) >= 11 is 9.66. The maximum atomic E-state index is 13.1. The van der Waals surface area contributed by atoms with E-state index in [0.717, 1.165) is 23.1 Å². The van der Waals surface area contributed by atoms with Gasteiger partial charge in [0.15, 0.2) is 5.75 Å². The third kappa shape index (κ3) is 6.53. The maximum absolute atomic E-state index is 13.1. The molecule has 1 N–H and O–H groups in total. The molecule has 0 atom stereocenters. The highest BCUT2D eigenvalue weighted by atomic mass is 79.9. The van der Waals surface area contributed by atoms with Gasteiger partial charge in [0, 0.05) is 27.0 Å². The molecule has 2 heterocycles. The number of benzene rings is 3. The van der Waals surface area contributed by atoms with Gasteiger partial charge in [-0.1, -0.05) is 38.8 Å². The molecule has 1 aliphatic rings. The molecule has 3 aromatic carbocycles. The van der Waals surface area contributed by atoms with E-state index in [4.69, 9.17) is 25.6 Å². The molecule has 0 spiro atoms. The first kappa shape index (κ1) is 26.2. The van der Waals surface area contributed by atoms with Gasteiger partial charge in [-0.15, -0.1) is 0 Å². The Kier molecular flexibility index (Phi) is 8.26. The maximum Gasteiger partial charge on any atom is 0.241 e. The molecule has 5 rings (SSSR count). The topological polar surface area (TPSA) is 89.7 Å². The van der Waals surface area contributed by atoms with E-state index >= 15 is 0 Å². The van der Waals surface area contributed by atoms with Crippen molar-refractivity contribution >= 4 is 39.1 Å². The molecule has 0 bridgehead atoms. The lowest BCUT2D eigenvalue weighted by Gasteiger charge is -2.30. The summed E-state index contributed by atoms with van der Waals surface area (Å²) in [6.45, 7) is 2.04. The Balaban J connectivity index is 1.17. The zero-order valence-electron chi connectivity index (χ0n) is 20.7. The van der Waals surface area contributed by atoms with Crippen LogP contribution in [0.4, 0.5) is 5.69 Å². The van der Waals surface area contributed by atoms with Crippen molar-refractivity contribution in [3.63, 3.8) is 0 Å². The van der Waals surface area contributed by atoms with Gasteiger partial charge < -0.3 is 19.3 Å². The fourth-order valence-electron chi connectivity index (χ4n) is 4.30. The van der Waals surface area contributed by atoms with Crippen LogP contribution in [0.15, 0.2) is 75.7 Å². The molecule has 1 aliphatic heterocycles. The number of ether oxygens (including phenoxy) is 2. The van der Waals surface area contributed by atoms with Crippen LogP contribution in [-0.2, 0) is 11.3 Å². The minimum Gasteiger partial charge on any atom is -0.497 e. The Morgan fingerprint density at radius 1 is 1.11 bits per heavy atom. The molecule has 0 unspecified atom stereocenters. The number of piperidine rings is 1. The smallest absolute Gasteiger partial charge is 0.241 e. The van der Waals surface area contributed by atoms with E-state index in [2.05, 4.69) is 36.3 Å². The Morgan fingerprint density at radius 3 is 2.63 bits per heavy atom. The average molecular weight is 598 g/mol. The Morgan fingerprint density at radius 2 is 1.87 bits per heavy atom. The van der Waals surface area contributed by atoms with Crippen LogP contribution in [0.1, 0.15) is 18.7 Å². The molecule has 0 aliphatic carbocycles. The van der Waals surface area contributed by atoms with Gasteiger partial charge >= 0.3 is 0 Å². The summed E-state index contributed by atoms with van der Waals surface area (Å²) in [7, 11) is 1.60. The lowest BCUT2D eigenvalue weighted by atomic mass is 9.96. The number of hydrogen-bond acceptors (Lipinski definition) is 7. The lowest BCUT2D eigenvalue weighted by molar-refractivity contribution is -0.121. The number of nitrogens with one attached hydrogen (secondary N) is 1. The van der Waals surface area contributed by atoms with Gasteiger partial charge in [0.25, 0.3) is 0 Å². The highest BCUT2D eigenvalue weighted by Gasteiger charge is 2.27. The molecule has 10 heteroatoms. The number of methoxy groups -OCH3 is 1. The Hall–Kier alpha value is -3.40. The van der Waals surface area contributed by atoms with Crippen LogP contribution in [0.2, 0.25) is 5.02 Å². The SMILES string of the molecule is COc1cccc(Oc2ccc(Cl)cc2NC(=O)C2CCN(Cc3nc(-c4ccc(Br)cc4)no3)CC2)c1. The number of hydrogen-bond donors (Lipinski definition) is 1. The van der Waals surface area contributed by atoms with Crippen molar-refractivity contribution in [2.45, 2.75) is 19.4 Å². The van der Waals surface area contributed by atoms with Crippen molar-refractivity contribution in [3.8, 4) is 28.6 Å². The van der Waals surface area contributed by atoms with Gasteiger partial charge in [-0.25, -0.2) is 0 Å². The van der Waals surface area contributed by atoms with E-state index in [1.807, 2.05) is 42.5 Å². The summed E-state index contributed by atoms with van der Waals surface area (Å²) in [6, 6.07) is 20.2. The van der Waals surface area contributed by atoms with Crippen LogP contribution >= 0.6 is 27.5 Å². The summed E-state index contributed by atoms with van der Waals surface area (Å²) in [6.07, 6.45) is 1.43. The summed E-state index contributed by atoms with van der Waals surface area (Å²) in [5.74, 6) is 2.72. The first-order valence-electron chi connectivity index (χ1n) is 12.2. The van der Waals surface area contributed by atoms with E-state index in [9.17, 15) is 4.79 Å². The third-order valence-electron chi connectivity index (χ3n) is 6.36. The second-order valence-corrected chi connectivity index (χ2v) is 10.3. The van der Waals surface area contributed by atoms with E-state index in [0.29, 0.717) is 59.1 Å². The Labute approximate surface area is 234 Å². The Bertz CT molecular complexity index is 1400. The number of carbonyl (C=O) groups is 1. The van der Waals surface area contributed by atoms with Crippen molar-refractivity contribution in [1.29, 1.82) is 0 Å². The van der Waals surface area contributed by atoms with Crippen molar-refractivity contribution < 1.29 is 18.8 Å². The van der Waals surface area contributed by atoms with Crippen molar-refractivity contribution in [1.82, 2.24) is 15.0 Å². The van der Waals surface area contributed by atoms with E-state index < -0.39 is 0 Å². The average Bonchev–Trinajstić information content (AvgIpc) is 3.39.